The summed E-state index contributed by atoms with van der Waals surface area (Å²) in [6.45, 7) is 4.99. The summed E-state index contributed by atoms with van der Waals surface area (Å²) in [4.78, 5) is 125. The maximum Gasteiger partial charge on any atom is 0.246 e. The summed E-state index contributed by atoms with van der Waals surface area (Å²) in [5.74, 6) is -9.86. The number of amides is 9. The molecule has 2 aromatic rings. The fraction of sp³-hybridized carbons (Fsp3) is 0.575. The molecule has 63 heavy (non-hydrogen) atoms. The zero-order valence-corrected chi connectivity index (χ0v) is 36.5. The molecule has 13 N–H and O–H groups in total. The fourth-order valence-corrected chi connectivity index (χ4v) is 8.37. The number of aliphatic hydroxyl groups excluding tert-OH is 3. The number of aliphatic hydroxyl groups is 3. The number of H-pyrrole nitrogens is 1. The molecule has 0 bridgehead atoms. The molecule has 0 saturated carbocycles. The highest BCUT2D eigenvalue weighted by Gasteiger charge is 2.44. The molecule has 9 amide bonds. The molecule has 1 aromatic carbocycles. The SMILES string of the molecule is CC[C@H](C)[C@@H]1NC(=O)CNC(=O)CNC(=O)[C@H]([C@@H](C)[C@@H](O)CO)NC(=O)[C@@H]2C[C@@H](O)CN2C(=O)[C@H](CC(N)=O)NC(=O)[C@H]([C@@H](C)Sc2[nH]c3ccccc3c2C)NC(=O)CNC1=O. The van der Waals surface area contributed by atoms with Crippen molar-refractivity contribution >= 4 is 75.8 Å². The largest absolute Gasteiger partial charge is 0.394 e. The molecular weight excluding hydrogens is 845 g/mol. The number of fused-ring (bicyclic) bond motifs is 2. The molecule has 0 unspecified atom stereocenters. The van der Waals surface area contributed by atoms with Crippen LogP contribution in [0.3, 0.4) is 0 Å². The van der Waals surface area contributed by atoms with Gasteiger partial charge in [-0.2, -0.15) is 0 Å². The third kappa shape index (κ3) is 13.1. The molecular formula is C40H58N10O12S. The number of hydrogen-bond donors (Lipinski definition) is 12. The summed E-state index contributed by atoms with van der Waals surface area (Å²) in [5, 5.41) is 48.7. The van der Waals surface area contributed by atoms with Gasteiger partial charge in [0, 0.05) is 35.0 Å². The van der Waals surface area contributed by atoms with Gasteiger partial charge in [0.15, 0.2) is 0 Å². The molecule has 0 spiro atoms. The highest BCUT2D eigenvalue weighted by atomic mass is 32.2. The van der Waals surface area contributed by atoms with Crippen molar-refractivity contribution < 1.29 is 58.5 Å². The maximum atomic E-state index is 14.3. The second-order valence-corrected chi connectivity index (χ2v) is 17.2. The van der Waals surface area contributed by atoms with Gasteiger partial charge in [0.1, 0.15) is 30.2 Å². The first-order valence-electron chi connectivity index (χ1n) is 20.6. The lowest BCUT2D eigenvalue weighted by molar-refractivity contribution is -0.144. The summed E-state index contributed by atoms with van der Waals surface area (Å²) in [7, 11) is 0. The Hall–Kier alpha value is -5.78. The Morgan fingerprint density at radius 3 is 2.05 bits per heavy atom. The first kappa shape index (κ1) is 49.9. The lowest BCUT2D eigenvalue weighted by Crippen LogP contribution is -2.61. The average molecular weight is 903 g/mol. The molecule has 4 rings (SSSR count). The number of hydrogen-bond acceptors (Lipinski definition) is 13. The van der Waals surface area contributed by atoms with E-state index in [0.29, 0.717) is 11.4 Å². The van der Waals surface area contributed by atoms with Crippen molar-refractivity contribution in [2.75, 3.05) is 32.8 Å². The minimum absolute atomic E-state index is 0.357. The number of para-hydroxylation sites is 1. The van der Waals surface area contributed by atoms with Gasteiger partial charge in [-0.25, -0.2) is 0 Å². The van der Waals surface area contributed by atoms with Crippen LogP contribution in [0, 0.1) is 18.8 Å². The number of carbonyl (C=O) groups excluding carboxylic acids is 9. The molecule has 3 heterocycles. The van der Waals surface area contributed by atoms with Crippen LogP contribution >= 0.6 is 11.8 Å². The summed E-state index contributed by atoms with van der Waals surface area (Å²) in [5.41, 5.74) is 7.19. The number of aromatic amines is 1. The molecule has 22 nitrogen and oxygen atoms in total. The molecule has 0 radical (unpaired) electrons. The third-order valence-electron chi connectivity index (χ3n) is 11.2. The van der Waals surface area contributed by atoms with Crippen molar-refractivity contribution in [1.82, 2.24) is 47.1 Å². The summed E-state index contributed by atoms with van der Waals surface area (Å²) < 4.78 is 0. The van der Waals surface area contributed by atoms with Crippen LogP contribution in [0.25, 0.3) is 10.9 Å². The van der Waals surface area contributed by atoms with E-state index in [1.54, 1.807) is 20.8 Å². The Labute approximate surface area is 367 Å². The lowest BCUT2D eigenvalue weighted by atomic mass is 9.94. The van der Waals surface area contributed by atoms with Gasteiger partial charge in [-0.15, -0.1) is 11.8 Å². The lowest BCUT2D eigenvalue weighted by Gasteiger charge is -2.32. The van der Waals surface area contributed by atoms with Crippen LogP contribution < -0.4 is 43.0 Å². The summed E-state index contributed by atoms with van der Waals surface area (Å²) in [6.07, 6.45) is -3.57. The van der Waals surface area contributed by atoms with E-state index >= 15 is 0 Å². The minimum atomic E-state index is -1.74. The predicted molar refractivity (Wildman–Crippen MR) is 227 cm³/mol. The molecule has 2 aliphatic rings. The molecule has 0 aliphatic carbocycles. The van der Waals surface area contributed by atoms with Crippen molar-refractivity contribution in [3.05, 3.63) is 29.8 Å². The number of nitrogens with one attached hydrogen (secondary N) is 8. The van der Waals surface area contributed by atoms with E-state index in [1.807, 2.05) is 31.2 Å². The zero-order valence-electron chi connectivity index (χ0n) is 35.7. The second-order valence-electron chi connectivity index (χ2n) is 15.9. The fourth-order valence-electron chi connectivity index (χ4n) is 7.21. The van der Waals surface area contributed by atoms with Crippen LogP contribution in [0.15, 0.2) is 29.3 Å². The van der Waals surface area contributed by atoms with E-state index in [9.17, 15) is 58.5 Å². The van der Waals surface area contributed by atoms with Gasteiger partial charge in [-0.3, -0.25) is 43.2 Å². The highest BCUT2D eigenvalue weighted by molar-refractivity contribution is 8.00. The van der Waals surface area contributed by atoms with E-state index in [0.717, 1.165) is 21.4 Å². The topological polar surface area (TPSA) is 344 Å². The van der Waals surface area contributed by atoms with Gasteiger partial charge in [0.25, 0.3) is 0 Å². The monoisotopic (exact) mass is 902 g/mol. The van der Waals surface area contributed by atoms with E-state index < -0.39 is 152 Å². The van der Waals surface area contributed by atoms with Crippen LogP contribution in [0.5, 0.6) is 0 Å². The van der Waals surface area contributed by atoms with E-state index in [1.165, 1.54) is 18.7 Å². The number of benzene rings is 1. The van der Waals surface area contributed by atoms with Crippen LogP contribution in [-0.4, -0.2) is 159 Å². The number of carbonyl (C=O) groups is 9. The van der Waals surface area contributed by atoms with Crippen LogP contribution in [0.4, 0.5) is 0 Å². The molecule has 10 atom stereocenters. The molecule has 2 fully saturated rings. The summed E-state index contributed by atoms with van der Waals surface area (Å²) >= 11 is 1.19. The van der Waals surface area contributed by atoms with Gasteiger partial charge >= 0.3 is 0 Å². The van der Waals surface area contributed by atoms with Crippen LogP contribution in [-0.2, 0) is 43.2 Å². The quantitative estimate of drug-likeness (QED) is 0.102. The van der Waals surface area contributed by atoms with Crippen LogP contribution in [0.1, 0.15) is 52.5 Å². The van der Waals surface area contributed by atoms with Crippen molar-refractivity contribution in [2.24, 2.45) is 17.6 Å². The molecule has 1 aromatic heterocycles. The average Bonchev–Trinajstić information content (AvgIpc) is 3.80. The van der Waals surface area contributed by atoms with Crippen molar-refractivity contribution in [1.29, 1.82) is 0 Å². The zero-order chi connectivity index (χ0) is 46.7. The molecule has 346 valence electrons. The molecule has 23 heteroatoms. The standard InChI is InChI=1S/C40H58N10O12S/c1-6-18(2)32-36(59)44-15-31(57)48-34(21(5)63-39-19(3)23-9-7-8-10-24(23)46-39)38(61)45-25(12-28(41)54)40(62)50-16-22(52)11-26(50)35(58)49-33(20(4)27(53)17-51)37(60)43-13-29(55)42-14-30(56)47-32/h7-10,18,20-22,25-27,32-34,46,51-53H,6,11-17H2,1-5H3,(H2,41,54)(H,42,55)(H,43,60)(H,44,59)(H,45,61)(H,47,56)(H,48,57)(H,49,58)/t18-,20-,21+,22+,25-,26-,27-,32-,33-,34-/m0/s1. The number of primary amides is 1. The minimum Gasteiger partial charge on any atom is -0.394 e. The number of rotatable bonds is 10. The van der Waals surface area contributed by atoms with E-state index in [4.69, 9.17) is 5.73 Å². The second kappa shape index (κ2) is 22.5. The number of thioether (sulfide) groups is 1. The molecule has 2 saturated heterocycles. The van der Waals surface area contributed by atoms with E-state index in [2.05, 4.69) is 42.2 Å². The van der Waals surface area contributed by atoms with Gasteiger partial charge in [-0.1, -0.05) is 52.3 Å². The first-order valence-corrected chi connectivity index (χ1v) is 21.4. The number of aromatic nitrogens is 1. The Bertz CT molecular complexity index is 2050. The number of nitrogens with two attached hydrogens (primary N) is 1. The van der Waals surface area contributed by atoms with Crippen molar-refractivity contribution in [3.63, 3.8) is 0 Å². The smallest absolute Gasteiger partial charge is 0.246 e. The highest BCUT2D eigenvalue weighted by Crippen LogP contribution is 2.33. The van der Waals surface area contributed by atoms with Crippen molar-refractivity contribution in [2.45, 2.75) is 107 Å². The van der Waals surface area contributed by atoms with Crippen LogP contribution in [0.2, 0.25) is 0 Å². The number of nitrogens with zero attached hydrogens (tertiary/aromatic N) is 1. The van der Waals surface area contributed by atoms with Gasteiger partial charge < -0.3 is 68.2 Å². The Balaban J connectivity index is 1.73. The van der Waals surface area contributed by atoms with E-state index in [-0.39, 0.29) is 6.42 Å². The Morgan fingerprint density at radius 1 is 0.825 bits per heavy atom. The molecule has 2 aliphatic heterocycles. The maximum absolute atomic E-state index is 14.3. The van der Waals surface area contributed by atoms with Gasteiger partial charge in [0.2, 0.25) is 53.2 Å². The Kier molecular flexibility index (Phi) is 17.8. The normalized spacial score (nSPS) is 26.1. The Morgan fingerprint density at radius 2 is 1.43 bits per heavy atom. The van der Waals surface area contributed by atoms with Gasteiger partial charge in [0.05, 0.1) is 49.9 Å². The number of aryl methyl sites for hydroxylation is 1. The van der Waals surface area contributed by atoms with Gasteiger partial charge in [-0.05, 0) is 24.5 Å². The summed E-state index contributed by atoms with van der Waals surface area (Å²) in [6, 6.07) is -0.0182. The third-order valence-corrected chi connectivity index (χ3v) is 12.5. The first-order chi connectivity index (χ1) is 29.7. The predicted octanol–water partition coefficient (Wildman–Crippen LogP) is -3.87. The van der Waals surface area contributed by atoms with Crippen molar-refractivity contribution in [3.8, 4) is 0 Å².